The van der Waals surface area contributed by atoms with Crippen LogP contribution in [0.5, 0.6) is 0 Å². The van der Waals surface area contributed by atoms with Gasteiger partial charge in [0.25, 0.3) is 0 Å². The van der Waals surface area contributed by atoms with Crippen LogP contribution in [0.3, 0.4) is 0 Å². The van der Waals surface area contributed by atoms with Crippen molar-refractivity contribution >= 4 is 21.8 Å². The molecule has 2 unspecified atom stereocenters. The lowest BCUT2D eigenvalue weighted by Crippen LogP contribution is -2.40. The summed E-state index contributed by atoms with van der Waals surface area (Å²) in [4.78, 5) is 0. The van der Waals surface area contributed by atoms with E-state index in [1.165, 1.54) is 6.26 Å². The summed E-state index contributed by atoms with van der Waals surface area (Å²) in [5.41, 5.74) is 0. The van der Waals surface area contributed by atoms with Crippen molar-refractivity contribution in [1.82, 2.24) is 4.31 Å². The van der Waals surface area contributed by atoms with Crippen LogP contribution in [0.15, 0.2) is 0 Å². The van der Waals surface area contributed by atoms with E-state index in [0.717, 1.165) is 25.0 Å². The van der Waals surface area contributed by atoms with Crippen LogP contribution in [-0.4, -0.2) is 54.8 Å². The summed E-state index contributed by atoms with van der Waals surface area (Å²) in [6, 6.07) is 0. The fourth-order valence-electron chi connectivity index (χ4n) is 2.03. The van der Waals surface area contributed by atoms with Crippen LogP contribution in [0.2, 0.25) is 0 Å². The van der Waals surface area contributed by atoms with Crippen molar-refractivity contribution in [3.8, 4) is 0 Å². The number of nitrogens with zero attached hydrogens (tertiary/aromatic N) is 1. The van der Waals surface area contributed by atoms with Crippen LogP contribution in [-0.2, 0) is 10.0 Å². The van der Waals surface area contributed by atoms with E-state index in [0.29, 0.717) is 24.3 Å². The Morgan fingerprint density at radius 3 is 2.82 bits per heavy atom. The molecule has 0 saturated carbocycles. The minimum absolute atomic E-state index is 0.230. The van der Waals surface area contributed by atoms with Gasteiger partial charge in [0, 0.05) is 24.9 Å². The molecule has 6 heteroatoms. The molecule has 1 rings (SSSR count). The molecular weight excluding hydrogens is 258 g/mol. The summed E-state index contributed by atoms with van der Waals surface area (Å²) in [6.07, 6.45) is 4.18. The van der Waals surface area contributed by atoms with Gasteiger partial charge in [-0.25, -0.2) is 12.7 Å². The number of aliphatic hydroxyl groups excluding tert-OH is 1. The van der Waals surface area contributed by atoms with Gasteiger partial charge in [0.15, 0.2) is 0 Å². The molecule has 0 aromatic carbocycles. The standard InChI is InChI=1S/C11H23NO3S2/c1-10(5-7-13)16-9-11-4-3-6-12(8-11)17(2,14)15/h10-11,13H,3-9H2,1-2H3. The number of rotatable bonds is 6. The predicted octanol–water partition coefficient (Wildman–Crippen LogP) is 1.16. The van der Waals surface area contributed by atoms with Crippen LogP contribution in [0.1, 0.15) is 26.2 Å². The van der Waals surface area contributed by atoms with Gasteiger partial charge in [0.1, 0.15) is 0 Å². The topological polar surface area (TPSA) is 57.6 Å². The number of piperidine rings is 1. The molecule has 1 fully saturated rings. The molecule has 0 spiro atoms. The lowest BCUT2D eigenvalue weighted by Gasteiger charge is -2.31. The zero-order chi connectivity index (χ0) is 12.9. The molecule has 0 radical (unpaired) electrons. The molecule has 1 aliphatic rings. The molecule has 17 heavy (non-hydrogen) atoms. The largest absolute Gasteiger partial charge is 0.396 e. The molecule has 0 aliphatic carbocycles. The van der Waals surface area contributed by atoms with E-state index in [1.807, 2.05) is 11.8 Å². The number of aliphatic hydroxyl groups is 1. The predicted molar refractivity (Wildman–Crippen MR) is 72.8 cm³/mol. The van der Waals surface area contributed by atoms with Crippen molar-refractivity contribution in [1.29, 1.82) is 0 Å². The number of hydrogen-bond acceptors (Lipinski definition) is 4. The van der Waals surface area contributed by atoms with Gasteiger partial charge in [-0.2, -0.15) is 11.8 Å². The third-order valence-electron chi connectivity index (χ3n) is 3.10. The van der Waals surface area contributed by atoms with Gasteiger partial charge in [0.05, 0.1) is 6.26 Å². The molecule has 0 amide bonds. The first-order valence-electron chi connectivity index (χ1n) is 6.11. The zero-order valence-electron chi connectivity index (χ0n) is 10.6. The molecule has 1 heterocycles. The molecule has 0 aromatic heterocycles. The van der Waals surface area contributed by atoms with Gasteiger partial charge in [0.2, 0.25) is 10.0 Å². The summed E-state index contributed by atoms with van der Waals surface area (Å²) in [5, 5.41) is 9.27. The fourth-order valence-corrected chi connectivity index (χ4v) is 4.12. The van der Waals surface area contributed by atoms with Crippen LogP contribution in [0, 0.1) is 5.92 Å². The first-order chi connectivity index (χ1) is 7.93. The monoisotopic (exact) mass is 281 g/mol. The second kappa shape index (κ2) is 6.97. The number of hydrogen-bond donors (Lipinski definition) is 1. The minimum atomic E-state index is -3.02. The SMILES string of the molecule is CC(CCO)SCC1CCCN(S(C)(=O)=O)C1. The summed E-state index contributed by atoms with van der Waals surface area (Å²) in [5.74, 6) is 1.46. The van der Waals surface area contributed by atoms with E-state index < -0.39 is 10.0 Å². The van der Waals surface area contributed by atoms with E-state index in [4.69, 9.17) is 5.11 Å². The normalized spacial score (nSPS) is 24.8. The first-order valence-corrected chi connectivity index (χ1v) is 9.00. The number of sulfonamides is 1. The molecule has 1 aliphatic heterocycles. The van der Waals surface area contributed by atoms with Gasteiger partial charge in [-0.3, -0.25) is 0 Å². The Morgan fingerprint density at radius 1 is 1.53 bits per heavy atom. The van der Waals surface area contributed by atoms with E-state index >= 15 is 0 Å². The molecular formula is C11H23NO3S2. The molecule has 2 atom stereocenters. The van der Waals surface area contributed by atoms with Crippen molar-refractivity contribution in [2.45, 2.75) is 31.4 Å². The van der Waals surface area contributed by atoms with Crippen LogP contribution in [0.4, 0.5) is 0 Å². The van der Waals surface area contributed by atoms with Crippen LogP contribution in [0.25, 0.3) is 0 Å². The number of thioether (sulfide) groups is 1. The maximum absolute atomic E-state index is 11.5. The summed E-state index contributed by atoms with van der Waals surface area (Å²) in [6.45, 7) is 3.68. The van der Waals surface area contributed by atoms with Gasteiger partial charge >= 0.3 is 0 Å². The Hall–Kier alpha value is 0.220. The zero-order valence-corrected chi connectivity index (χ0v) is 12.3. The summed E-state index contributed by atoms with van der Waals surface area (Å²) in [7, 11) is -3.02. The smallest absolute Gasteiger partial charge is 0.211 e. The Bertz CT molecular complexity index is 319. The molecule has 0 aromatic rings. The average Bonchev–Trinajstić information content (AvgIpc) is 2.26. The highest BCUT2D eigenvalue weighted by atomic mass is 32.2. The van der Waals surface area contributed by atoms with E-state index in [9.17, 15) is 8.42 Å². The third kappa shape index (κ3) is 5.59. The average molecular weight is 281 g/mol. The summed E-state index contributed by atoms with van der Waals surface area (Å²) < 4.78 is 24.5. The highest BCUT2D eigenvalue weighted by Gasteiger charge is 2.25. The van der Waals surface area contributed by atoms with Gasteiger partial charge in [-0.1, -0.05) is 6.92 Å². The van der Waals surface area contributed by atoms with Crippen LogP contribution < -0.4 is 0 Å². The van der Waals surface area contributed by atoms with Crippen molar-refractivity contribution in [3.05, 3.63) is 0 Å². The van der Waals surface area contributed by atoms with Gasteiger partial charge in [-0.05, 0) is 30.9 Å². The van der Waals surface area contributed by atoms with Crippen molar-refractivity contribution < 1.29 is 13.5 Å². The quantitative estimate of drug-likeness (QED) is 0.794. The highest BCUT2D eigenvalue weighted by molar-refractivity contribution is 7.99. The molecule has 1 N–H and O–H groups in total. The molecule has 4 nitrogen and oxygen atoms in total. The lowest BCUT2D eigenvalue weighted by atomic mass is 10.0. The maximum atomic E-state index is 11.5. The van der Waals surface area contributed by atoms with E-state index in [-0.39, 0.29) is 6.61 Å². The second-order valence-corrected chi connectivity index (χ2v) is 8.24. The minimum Gasteiger partial charge on any atom is -0.396 e. The van der Waals surface area contributed by atoms with Crippen LogP contribution >= 0.6 is 11.8 Å². The lowest BCUT2D eigenvalue weighted by molar-refractivity contribution is 0.284. The first kappa shape index (κ1) is 15.3. The Labute approximate surface area is 109 Å². The van der Waals surface area contributed by atoms with Gasteiger partial charge < -0.3 is 5.11 Å². The van der Waals surface area contributed by atoms with E-state index in [2.05, 4.69) is 6.92 Å². The Balaban J connectivity index is 2.35. The second-order valence-electron chi connectivity index (χ2n) is 4.79. The van der Waals surface area contributed by atoms with Gasteiger partial charge in [-0.15, -0.1) is 0 Å². The fraction of sp³-hybridized carbons (Fsp3) is 1.00. The Morgan fingerprint density at radius 2 is 2.24 bits per heavy atom. The van der Waals surface area contributed by atoms with Crippen molar-refractivity contribution in [2.75, 3.05) is 31.7 Å². The van der Waals surface area contributed by atoms with Crippen molar-refractivity contribution in [2.24, 2.45) is 5.92 Å². The van der Waals surface area contributed by atoms with E-state index in [1.54, 1.807) is 4.31 Å². The molecule has 102 valence electrons. The summed E-state index contributed by atoms with van der Waals surface area (Å²) >= 11 is 1.84. The highest BCUT2D eigenvalue weighted by Crippen LogP contribution is 2.25. The maximum Gasteiger partial charge on any atom is 0.211 e. The Kier molecular flexibility index (Phi) is 6.26. The molecule has 0 bridgehead atoms. The van der Waals surface area contributed by atoms with Crippen molar-refractivity contribution in [3.63, 3.8) is 0 Å². The third-order valence-corrected chi connectivity index (χ3v) is 5.84. The molecule has 1 saturated heterocycles.